The Bertz CT molecular complexity index is 286. The van der Waals surface area contributed by atoms with Crippen LogP contribution in [0.3, 0.4) is 0 Å². The quantitative estimate of drug-likeness (QED) is 0.800. The van der Waals surface area contributed by atoms with Crippen molar-refractivity contribution in [2.45, 2.75) is 0 Å². The van der Waals surface area contributed by atoms with Crippen molar-refractivity contribution in [3.8, 4) is 5.75 Å². The lowest BCUT2D eigenvalue weighted by Crippen LogP contribution is -2.45. The fraction of sp³-hybridized carbons (Fsp3) is 0.400. The molecule has 1 heterocycles. The van der Waals surface area contributed by atoms with E-state index in [1.54, 1.807) is 0 Å². The number of halogens is 1. The van der Waals surface area contributed by atoms with E-state index >= 15 is 0 Å². The zero-order valence-electron chi connectivity index (χ0n) is 7.29. The van der Waals surface area contributed by atoms with Crippen LogP contribution in [0.2, 0.25) is 5.02 Å². The first-order chi connectivity index (χ1) is 6.36. The molecule has 70 valence electrons. The van der Waals surface area contributed by atoms with Crippen molar-refractivity contribution in [1.29, 1.82) is 0 Å². The SMILES string of the molecule is Clc1ccccc1OCC1CNC1. The molecule has 3 heteroatoms. The van der Waals surface area contributed by atoms with Gasteiger partial charge in [-0.25, -0.2) is 0 Å². The first-order valence-corrected chi connectivity index (χ1v) is 4.82. The smallest absolute Gasteiger partial charge is 0.137 e. The molecule has 1 aliphatic rings. The maximum Gasteiger partial charge on any atom is 0.137 e. The van der Waals surface area contributed by atoms with Gasteiger partial charge in [-0.1, -0.05) is 23.7 Å². The molecule has 13 heavy (non-hydrogen) atoms. The van der Waals surface area contributed by atoms with Gasteiger partial charge in [0.05, 0.1) is 11.6 Å². The van der Waals surface area contributed by atoms with E-state index in [2.05, 4.69) is 5.32 Å². The number of nitrogens with one attached hydrogen (secondary N) is 1. The number of ether oxygens (including phenoxy) is 1. The van der Waals surface area contributed by atoms with Crippen molar-refractivity contribution in [1.82, 2.24) is 5.32 Å². The fourth-order valence-electron chi connectivity index (χ4n) is 1.24. The summed E-state index contributed by atoms with van der Waals surface area (Å²) in [4.78, 5) is 0. The Balaban J connectivity index is 1.89. The van der Waals surface area contributed by atoms with Crippen molar-refractivity contribution in [2.75, 3.05) is 19.7 Å². The molecule has 0 atom stereocenters. The standard InChI is InChI=1S/C10H12ClNO/c11-9-3-1-2-4-10(9)13-7-8-5-12-6-8/h1-4,8,12H,5-7H2. The Labute approximate surface area is 82.9 Å². The van der Waals surface area contributed by atoms with Gasteiger partial charge in [-0.05, 0) is 12.1 Å². The molecule has 1 saturated heterocycles. The molecular weight excluding hydrogens is 186 g/mol. The minimum Gasteiger partial charge on any atom is -0.492 e. The van der Waals surface area contributed by atoms with Crippen LogP contribution in [-0.2, 0) is 0 Å². The van der Waals surface area contributed by atoms with E-state index < -0.39 is 0 Å². The summed E-state index contributed by atoms with van der Waals surface area (Å²) in [5.41, 5.74) is 0. The summed E-state index contributed by atoms with van der Waals surface area (Å²) in [6, 6.07) is 7.57. The van der Waals surface area contributed by atoms with Crippen molar-refractivity contribution in [2.24, 2.45) is 5.92 Å². The maximum atomic E-state index is 5.93. The van der Waals surface area contributed by atoms with Gasteiger partial charge in [0.25, 0.3) is 0 Å². The van der Waals surface area contributed by atoms with Gasteiger partial charge in [0.1, 0.15) is 5.75 Å². The molecule has 0 spiro atoms. The van der Waals surface area contributed by atoms with Crippen LogP contribution >= 0.6 is 11.6 Å². The molecule has 0 radical (unpaired) electrons. The fourth-order valence-corrected chi connectivity index (χ4v) is 1.43. The highest BCUT2D eigenvalue weighted by atomic mass is 35.5. The van der Waals surface area contributed by atoms with E-state index in [9.17, 15) is 0 Å². The van der Waals surface area contributed by atoms with Crippen molar-refractivity contribution >= 4 is 11.6 Å². The van der Waals surface area contributed by atoms with Crippen LogP contribution in [-0.4, -0.2) is 19.7 Å². The van der Waals surface area contributed by atoms with Crippen molar-refractivity contribution < 1.29 is 4.74 Å². The normalized spacial score (nSPS) is 16.7. The van der Waals surface area contributed by atoms with Crippen LogP contribution in [0.15, 0.2) is 24.3 Å². The van der Waals surface area contributed by atoms with E-state index in [1.165, 1.54) is 0 Å². The summed E-state index contributed by atoms with van der Waals surface area (Å²) in [5, 5.41) is 3.89. The second-order valence-electron chi connectivity index (χ2n) is 3.27. The summed E-state index contributed by atoms with van der Waals surface area (Å²) in [5.74, 6) is 1.44. The van der Waals surface area contributed by atoms with Crippen LogP contribution in [0, 0.1) is 5.92 Å². The van der Waals surface area contributed by atoms with Crippen LogP contribution in [0.4, 0.5) is 0 Å². The van der Waals surface area contributed by atoms with E-state index in [0.29, 0.717) is 10.9 Å². The number of benzene rings is 1. The highest BCUT2D eigenvalue weighted by molar-refractivity contribution is 6.32. The molecule has 2 nitrogen and oxygen atoms in total. The maximum absolute atomic E-state index is 5.93. The van der Waals surface area contributed by atoms with Gasteiger partial charge in [-0.3, -0.25) is 0 Å². The van der Waals surface area contributed by atoms with Gasteiger partial charge < -0.3 is 10.1 Å². The molecule has 1 aromatic carbocycles. The first kappa shape index (κ1) is 8.85. The number of rotatable bonds is 3. The van der Waals surface area contributed by atoms with Crippen LogP contribution < -0.4 is 10.1 Å². The Morgan fingerprint density at radius 2 is 2.15 bits per heavy atom. The summed E-state index contributed by atoms with van der Waals surface area (Å²) in [6.45, 7) is 2.88. The molecule has 1 N–H and O–H groups in total. The summed E-state index contributed by atoms with van der Waals surface area (Å²) in [7, 11) is 0. The highest BCUT2D eigenvalue weighted by Crippen LogP contribution is 2.23. The second-order valence-corrected chi connectivity index (χ2v) is 3.67. The lowest BCUT2D eigenvalue weighted by Gasteiger charge is -2.26. The van der Waals surface area contributed by atoms with Gasteiger partial charge in [0.15, 0.2) is 0 Å². The van der Waals surface area contributed by atoms with Gasteiger partial charge in [-0.15, -0.1) is 0 Å². The van der Waals surface area contributed by atoms with Gasteiger partial charge in [0.2, 0.25) is 0 Å². The minimum atomic E-state index is 0.649. The lowest BCUT2D eigenvalue weighted by molar-refractivity contribution is 0.199. The molecule has 0 amide bonds. The average molecular weight is 198 g/mol. The predicted molar refractivity (Wildman–Crippen MR) is 53.3 cm³/mol. The molecular formula is C10H12ClNO. The van der Waals surface area contributed by atoms with Crippen molar-refractivity contribution in [3.63, 3.8) is 0 Å². The Hall–Kier alpha value is -0.730. The van der Waals surface area contributed by atoms with E-state index in [1.807, 2.05) is 24.3 Å². The van der Waals surface area contributed by atoms with Crippen LogP contribution in [0.25, 0.3) is 0 Å². The van der Waals surface area contributed by atoms with Gasteiger partial charge >= 0.3 is 0 Å². The third-order valence-corrected chi connectivity index (χ3v) is 2.49. The number of hydrogen-bond donors (Lipinski definition) is 1. The number of para-hydroxylation sites is 1. The molecule has 0 saturated carbocycles. The third-order valence-electron chi connectivity index (χ3n) is 2.18. The summed E-state index contributed by atoms with van der Waals surface area (Å²) >= 11 is 5.93. The molecule has 0 aromatic heterocycles. The molecule has 1 fully saturated rings. The van der Waals surface area contributed by atoms with E-state index in [4.69, 9.17) is 16.3 Å². The molecule has 0 aliphatic carbocycles. The highest BCUT2D eigenvalue weighted by Gasteiger charge is 2.17. The molecule has 0 unspecified atom stereocenters. The monoisotopic (exact) mass is 197 g/mol. The van der Waals surface area contributed by atoms with Crippen LogP contribution in [0.5, 0.6) is 5.75 Å². The molecule has 1 aromatic rings. The zero-order chi connectivity index (χ0) is 9.10. The van der Waals surface area contributed by atoms with E-state index in [0.717, 1.165) is 25.4 Å². The lowest BCUT2D eigenvalue weighted by atomic mass is 10.1. The molecule has 0 bridgehead atoms. The second kappa shape index (κ2) is 3.99. The zero-order valence-corrected chi connectivity index (χ0v) is 8.05. The molecule has 1 aliphatic heterocycles. The average Bonchev–Trinajstić information content (AvgIpc) is 2.05. The number of hydrogen-bond acceptors (Lipinski definition) is 2. The topological polar surface area (TPSA) is 21.3 Å². The predicted octanol–water partition coefficient (Wildman–Crippen LogP) is 1.94. The Morgan fingerprint density at radius 3 is 2.77 bits per heavy atom. The summed E-state index contributed by atoms with van der Waals surface area (Å²) in [6.07, 6.45) is 0. The van der Waals surface area contributed by atoms with Gasteiger partial charge in [-0.2, -0.15) is 0 Å². The van der Waals surface area contributed by atoms with Crippen molar-refractivity contribution in [3.05, 3.63) is 29.3 Å². The van der Waals surface area contributed by atoms with E-state index in [-0.39, 0.29) is 0 Å². The largest absolute Gasteiger partial charge is 0.492 e. The minimum absolute atomic E-state index is 0.649. The Morgan fingerprint density at radius 1 is 1.38 bits per heavy atom. The molecule has 2 rings (SSSR count). The van der Waals surface area contributed by atoms with Crippen LogP contribution in [0.1, 0.15) is 0 Å². The Kier molecular flexibility index (Phi) is 2.71. The van der Waals surface area contributed by atoms with Gasteiger partial charge in [0, 0.05) is 19.0 Å². The first-order valence-electron chi connectivity index (χ1n) is 4.44. The summed E-state index contributed by atoms with van der Waals surface area (Å²) < 4.78 is 5.57. The third kappa shape index (κ3) is 2.14.